The number of rotatable bonds is 3. The maximum atomic E-state index is 13.3. The van der Waals surface area contributed by atoms with Gasteiger partial charge in [0.05, 0.1) is 5.69 Å². The second kappa shape index (κ2) is 4.60. The van der Waals surface area contributed by atoms with Gasteiger partial charge in [-0.25, -0.2) is 8.78 Å². The van der Waals surface area contributed by atoms with Crippen LogP contribution in [-0.4, -0.2) is 19.2 Å². The average Bonchev–Trinajstić information content (AvgIpc) is 2.21. The normalized spacial score (nSPS) is 18.3. The fraction of sp³-hybridized carbons (Fsp3) is 0.182. The predicted octanol–water partition coefficient (Wildman–Crippen LogP) is 0.337. The van der Waals surface area contributed by atoms with Gasteiger partial charge in [0, 0.05) is 13.2 Å². The van der Waals surface area contributed by atoms with Gasteiger partial charge in [-0.15, -0.1) is 0 Å². The Balaban J connectivity index is 2.09. The van der Waals surface area contributed by atoms with Crippen molar-refractivity contribution in [2.75, 3.05) is 12.4 Å². The number of nitrogens with one attached hydrogen (secondary N) is 1. The first kappa shape index (κ1) is 11.7. The third-order valence-corrected chi connectivity index (χ3v) is 2.45. The Labute approximate surface area is 96.3 Å². The molecule has 4 nitrogen and oxygen atoms in total. The monoisotopic (exact) mass is 241 g/mol. The topological polar surface area (TPSA) is 54.9 Å². The number of hydrogen-bond donors (Lipinski definition) is 2. The van der Waals surface area contributed by atoms with E-state index in [0.717, 1.165) is 6.07 Å². The minimum absolute atomic E-state index is 0.0564. The number of hydrogen-bond acceptors (Lipinski definition) is 2. The molecule has 0 spiro atoms. The van der Waals surface area contributed by atoms with E-state index in [2.05, 4.69) is 5.32 Å². The van der Waals surface area contributed by atoms with Crippen LogP contribution in [0.15, 0.2) is 30.0 Å². The molecule has 6 heteroatoms. The fourth-order valence-corrected chi connectivity index (χ4v) is 1.47. The number of benzene rings is 1. The van der Waals surface area contributed by atoms with Crippen LogP contribution in [0.3, 0.4) is 0 Å². The molecule has 0 aliphatic carbocycles. The maximum Gasteiger partial charge on any atom is 0.265 e. The van der Waals surface area contributed by atoms with Crippen LogP contribution in [0.25, 0.3) is 0 Å². The molecular weight excluding hydrogens is 230 g/mol. The molecule has 0 saturated carbocycles. The molecule has 0 aromatic heterocycles. The van der Waals surface area contributed by atoms with Crippen LogP contribution in [-0.2, 0) is 9.53 Å². The number of carbonyl (C=O) groups excluding carboxylic acids is 1. The molecule has 0 radical (unpaired) electrons. The molecule has 17 heavy (non-hydrogen) atoms. The van der Waals surface area contributed by atoms with Crippen molar-refractivity contribution < 1.29 is 23.6 Å². The van der Waals surface area contributed by atoms with Crippen molar-refractivity contribution >= 4 is 11.6 Å². The maximum absolute atomic E-state index is 13.3. The number of carbonyl (C=O) groups is 1. The summed E-state index contributed by atoms with van der Waals surface area (Å²) in [5.41, 5.74) is 0.357. The summed E-state index contributed by atoms with van der Waals surface area (Å²) in [5, 5.41) is 4.06. The molecule has 2 rings (SSSR count). The van der Waals surface area contributed by atoms with E-state index in [1.807, 2.05) is 0 Å². The van der Waals surface area contributed by atoms with E-state index in [0.29, 0.717) is 11.6 Å². The van der Waals surface area contributed by atoms with E-state index in [1.165, 1.54) is 13.2 Å². The third kappa shape index (κ3) is 2.32. The molecule has 3 N–H and O–H groups in total. The summed E-state index contributed by atoms with van der Waals surface area (Å²) in [5.74, 6) is -1.95. The van der Waals surface area contributed by atoms with Crippen LogP contribution < -0.4 is 10.6 Å². The van der Waals surface area contributed by atoms with Crippen molar-refractivity contribution in [2.24, 2.45) is 0 Å². The number of halogens is 2. The fourth-order valence-electron chi connectivity index (χ4n) is 1.47. The lowest BCUT2D eigenvalue weighted by molar-refractivity contribution is -0.684. The van der Waals surface area contributed by atoms with E-state index in [-0.39, 0.29) is 11.9 Å². The molecular formula is C11H11F2N2O2+. The van der Waals surface area contributed by atoms with Crippen LogP contribution in [0.1, 0.15) is 0 Å². The van der Waals surface area contributed by atoms with E-state index >= 15 is 0 Å². The van der Waals surface area contributed by atoms with Gasteiger partial charge in [0.2, 0.25) is 6.23 Å². The lowest BCUT2D eigenvalue weighted by Crippen LogP contribution is -2.92. The molecule has 1 heterocycles. The van der Waals surface area contributed by atoms with Gasteiger partial charge in [-0.05, 0) is 12.1 Å². The van der Waals surface area contributed by atoms with Crippen LogP contribution >= 0.6 is 0 Å². The summed E-state index contributed by atoms with van der Waals surface area (Å²) >= 11 is 0. The average molecular weight is 241 g/mol. The summed E-state index contributed by atoms with van der Waals surface area (Å²) in [6.45, 7) is 0. The first-order valence-corrected chi connectivity index (χ1v) is 4.96. The standard InChI is InChI=1S/C11H10F2N2O2/c1-17-11-7(5-14-11)10(16)15-9-3-2-6(12)4-8(9)13/h2-5,11,14H,1H3,(H,15,16)/p+1. The molecule has 90 valence electrons. The van der Waals surface area contributed by atoms with Crippen molar-refractivity contribution in [1.29, 1.82) is 0 Å². The SMILES string of the molecule is COC1[NH2+]C=C1C(=O)Nc1ccc(F)cc1F. The highest BCUT2D eigenvalue weighted by molar-refractivity contribution is 6.04. The Kier molecular flexibility index (Phi) is 3.16. The Morgan fingerprint density at radius 3 is 2.76 bits per heavy atom. The zero-order valence-corrected chi connectivity index (χ0v) is 9.04. The van der Waals surface area contributed by atoms with Gasteiger partial charge in [-0.3, -0.25) is 10.1 Å². The quantitative estimate of drug-likeness (QED) is 0.801. The van der Waals surface area contributed by atoms with Crippen LogP contribution in [0.4, 0.5) is 14.5 Å². The summed E-state index contributed by atoms with van der Waals surface area (Å²) in [7, 11) is 1.47. The highest BCUT2D eigenvalue weighted by Gasteiger charge is 2.32. The Hall–Kier alpha value is -1.79. The second-order valence-corrected chi connectivity index (χ2v) is 3.55. The Morgan fingerprint density at radius 1 is 1.47 bits per heavy atom. The smallest absolute Gasteiger partial charge is 0.265 e. The van der Waals surface area contributed by atoms with Crippen LogP contribution in [0.5, 0.6) is 0 Å². The van der Waals surface area contributed by atoms with Crippen LogP contribution in [0, 0.1) is 11.6 Å². The zero-order chi connectivity index (χ0) is 12.4. The van der Waals surface area contributed by atoms with E-state index in [1.54, 1.807) is 11.5 Å². The molecule has 1 aromatic carbocycles. The molecule has 0 saturated heterocycles. The van der Waals surface area contributed by atoms with Crippen molar-refractivity contribution in [3.05, 3.63) is 41.6 Å². The van der Waals surface area contributed by atoms with E-state index < -0.39 is 17.5 Å². The largest absolute Gasteiger partial charge is 0.328 e. The highest BCUT2D eigenvalue weighted by atomic mass is 19.1. The first-order valence-electron chi connectivity index (χ1n) is 4.96. The van der Waals surface area contributed by atoms with Crippen molar-refractivity contribution in [1.82, 2.24) is 0 Å². The minimum atomic E-state index is -0.809. The summed E-state index contributed by atoms with van der Waals surface area (Å²) < 4.78 is 30.9. The van der Waals surface area contributed by atoms with Crippen LogP contribution in [0.2, 0.25) is 0 Å². The van der Waals surface area contributed by atoms with Gasteiger partial charge in [0.25, 0.3) is 5.91 Å². The highest BCUT2D eigenvalue weighted by Crippen LogP contribution is 2.16. The second-order valence-electron chi connectivity index (χ2n) is 3.55. The third-order valence-electron chi connectivity index (χ3n) is 2.45. The number of anilines is 1. The zero-order valence-electron chi connectivity index (χ0n) is 9.04. The van der Waals surface area contributed by atoms with Gasteiger partial charge in [0.15, 0.2) is 5.57 Å². The predicted molar refractivity (Wildman–Crippen MR) is 55.8 cm³/mol. The number of amides is 1. The lowest BCUT2D eigenvalue weighted by Gasteiger charge is -2.21. The molecule has 0 fully saturated rings. The molecule has 1 aromatic rings. The number of ether oxygens (including phenoxy) is 1. The first-order chi connectivity index (χ1) is 8.11. The molecule has 1 atom stereocenters. The molecule has 1 aliphatic rings. The van der Waals surface area contributed by atoms with Gasteiger partial charge in [-0.1, -0.05) is 0 Å². The minimum Gasteiger partial charge on any atom is -0.328 e. The summed E-state index contributed by atoms with van der Waals surface area (Å²) in [4.78, 5) is 11.7. The van der Waals surface area contributed by atoms with Gasteiger partial charge < -0.3 is 10.1 Å². The Morgan fingerprint density at radius 2 is 2.24 bits per heavy atom. The molecule has 1 aliphatic heterocycles. The summed E-state index contributed by atoms with van der Waals surface area (Å²) in [6, 6.07) is 2.96. The van der Waals surface area contributed by atoms with E-state index in [9.17, 15) is 13.6 Å². The van der Waals surface area contributed by atoms with E-state index in [4.69, 9.17) is 4.74 Å². The molecule has 1 amide bonds. The molecule has 1 unspecified atom stereocenters. The number of methoxy groups -OCH3 is 1. The van der Waals surface area contributed by atoms with Gasteiger partial charge in [0.1, 0.15) is 17.8 Å². The van der Waals surface area contributed by atoms with Crippen molar-refractivity contribution in [3.8, 4) is 0 Å². The number of nitrogens with two attached hydrogens (primary N) is 1. The molecule has 0 bridgehead atoms. The van der Waals surface area contributed by atoms with Crippen molar-refractivity contribution in [2.45, 2.75) is 6.23 Å². The number of quaternary nitrogens is 1. The van der Waals surface area contributed by atoms with Gasteiger partial charge in [-0.2, -0.15) is 0 Å². The van der Waals surface area contributed by atoms with Crippen molar-refractivity contribution in [3.63, 3.8) is 0 Å². The summed E-state index contributed by atoms with van der Waals surface area (Å²) in [6.07, 6.45) is 1.23. The van der Waals surface area contributed by atoms with Gasteiger partial charge >= 0.3 is 0 Å². The lowest BCUT2D eigenvalue weighted by atomic mass is 10.1. The Bertz CT molecular complexity index is 488.